The van der Waals surface area contributed by atoms with Crippen LogP contribution in [0.1, 0.15) is 63.1 Å². The van der Waals surface area contributed by atoms with Crippen molar-refractivity contribution in [1.82, 2.24) is 0 Å². The molecule has 0 bridgehead atoms. The predicted molar refractivity (Wildman–Crippen MR) is 85.6 cm³/mol. The Morgan fingerprint density at radius 1 is 1.32 bits per heavy atom. The summed E-state index contributed by atoms with van der Waals surface area (Å²) in [6.45, 7) is 11.2. The van der Waals surface area contributed by atoms with E-state index in [1.165, 1.54) is 28.5 Å². The maximum atomic E-state index is 8.62. The lowest BCUT2D eigenvalue weighted by Gasteiger charge is -2.24. The van der Waals surface area contributed by atoms with Crippen LogP contribution >= 0.6 is 11.8 Å². The fourth-order valence-corrected chi connectivity index (χ4v) is 3.05. The molecule has 0 aromatic heterocycles. The molecule has 1 aromatic rings. The molecule has 1 nitrogen and oxygen atoms in total. The van der Waals surface area contributed by atoms with E-state index in [0.717, 1.165) is 18.6 Å². The van der Waals surface area contributed by atoms with Crippen molar-refractivity contribution in [2.24, 2.45) is 0 Å². The van der Waals surface area contributed by atoms with Crippen LogP contribution in [0.2, 0.25) is 0 Å². The van der Waals surface area contributed by atoms with E-state index >= 15 is 0 Å². The van der Waals surface area contributed by atoms with Crippen LogP contribution in [-0.2, 0) is 5.41 Å². The molecule has 1 atom stereocenters. The second-order valence-electron chi connectivity index (χ2n) is 6.16. The highest BCUT2D eigenvalue weighted by atomic mass is 32.2. The maximum absolute atomic E-state index is 8.62. The summed E-state index contributed by atoms with van der Waals surface area (Å²) in [7, 11) is 0. The van der Waals surface area contributed by atoms with E-state index < -0.39 is 0 Å². The van der Waals surface area contributed by atoms with Gasteiger partial charge in [0.15, 0.2) is 0 Å². The standard InChI is InChI=1S/C17H25NS/c1-6-14(9-10-19-12-18)15-8-7-13(2)16(11-15)17(3,4)5/h7-8,11,14H,6,9-10H2,1-5H3. The van der Waals surface area contributed by atoms with Crippen molar-refractivity contribution in [1.29, 1.82) is 5.26 Å². The Bertz CT molecular complexity index is 451. The largest absolute Gasteiger partial charge is 0.185 e. The van der Waals surface area contributed by atoms with Gasteiger partial charge >= 0.3 is 0 Å². The van der Waals surface area contributed by atoms with Gasteiger partial charge in [-0.05, 0) is 59.6 Å². The number of benzene rings is 1. The van der Waals surface area contributed by atoms with Crippen molar-refractivity contribution in [3.63, 3.8) is 0 Å². The Kier molecular flexibility index (Phi) is 5.94. The van der Waals surface area contributed by atoms with Crippen molar-refractivity contribution in [3.05, 3.63) is 34.9 Å². The summed E-state index contributed by atoms with van der Waals surface area (Å²) < 4.78 is 0. The fraction of sp³-hybridized carbons (Fsp3) is 0.588. The first kappa shape index (κ1) is 16.1. The molecule has 1 aromatic carbocycles. The molecule has 0 amide bonds. The molecule has 0 fully saturated rings. The van der Waals surface area contributed by atoms with Crippen LogP contribution in [0, 0.1) is 17.6 Å². The van der Waals surface area contributed by atoms with E-state index in [9.17, 15) is 0 Å². The molecule has 104 valence electrons. The van der Waals surface area contributed by atoms with E-state index in [1.54, 1.807) is 0 Å². The third-order valence-electron chi connectivity index (χ3n) is 3.67. The average molecular weight is 275 g/mol. The van der Waals surface area contributed by atoms with Crippen LogP contribution < -0.4 is 0 Å². The third-order valence-corrected chi connectivity index (χ3v) is 4.24. The Hall–Kier alpha value is -0.940. The number of thiocyanates is 1. The minimum atomic E-state index is 0.194. The quantitative estimate of drug-likeness (QED) is 0.531. The molecule has 0 aliphatic rings. The first-order valence-electron chi connectivity index (χ1n) is 7.02. The van der Waals surface area contributed by atoms with Crippen molar-refractivity contribution < 1.29 is 0 Å². The van der Waals surface area contributed by atoms with Crippen LogP contribution in [0.4, 0.5) is 0 Å². The Balaban J connectivity index is 2.96. The number of aryl methyl sites for hydroxylation is 1. The van der Waals surface area contributed by atoms with Crippen LogP contribution in [0.3, 0.4) is 0 Å². The SMILES string of the molecule is CCC(CCSC#N)c1ccc(C)c(C(C)(C)C)c1. The second kappa shape index (κ2) is 7.01. The van der Waals surface area contributed by atoms with Gasteiger partial charge in [-0.2, -0.15) is 5.26 Å². The van der Waals surface area contributed by atoms with E-state index in [4.69, 9.17) is 5.26 Å². The summed E-state index contributed by atoms with van der Waals surface area (Å²) in [5.41, 5.74) is 4.44. The number of hydrogen-bond acceptors (Lipinski definition) is 2. The molecule has 0 radical (unpaired) electrons. The first-order valence-corrected chi connectivity index (χ1v) is 8.00. The number of thioether (sulfide) groups is 1. The fourth-order valence-electron chi connectivity index (χ4n) is 2.55. The number of nitrogens with zero attached hydrogens (tertiary/aromatic N) is 1. The van der Waals surface area contributed by atoms with Gasteiger partial charge in [-0.1, -0.05) is 45.9 Å². The van der Waals surface area contributed by atoms with Crippen molar-refractivity contribution in [2.75, 3.05) is 5.75 Å². The van der Waals surface area contributed by atoms with Gasteiger partial charge in [0, 0.05) is 5.75 Å². The highest BCUT2D eigenvalue weighted by Crippen LogP contribution is 2.31. The Labute approximate surface area is 122 Å². The van der Waals surface area contributed by atoms with Crippen LogP contribution in [0.15, 0.2) is 18.2 Å². The Morgan fingerprint density at radius 3 is 2.53 bits per heavy atom. The molecule has 0 saturated heterocycles. The van der Waals surface area contributed by atoms with Gasteiger partial charge in [-0.3, -0.25) is 0 Å². The molecule has 0 aliphatic heterocycles. The molecule has 2 heteroatoms. The second-order valence-corrected chi connectivity index (χ2v) is 7.04. The number of nitriles is 1. The predicted octanol–water partition coefficient (Wildman–Crippen LogP) is 5.39. The number of hydrogen-bond donors (Lipinski definition) is 0. The Morgan fingerprint density at radius 2 is 2.00 bits per heavy atom. The van der Waals surface area contributed by atoms with E-state index in [-0.39, 0.29) is 5.41 Å². The summed E-state index contributed by atoms with van der Waals surface area (Å²) in [4.78, 5) is 0. The van der Waals surface area contributed by atoms with E-state index in [2.05, 4.69) is 58.2 Å². The van der Waals surface area contributed by atoms with Crippen LogP contribution in [0.5, 0.6) is 0 Å². The zero-order valence-corrected chi connectivity index (χ0v) is 13.6. The zero-order valence-electron chi connectivity index (χ0n) is 12.8. The average Bonchev–Trinajstić information content (AvgIpc) is 2.34. The molecule has 0 spiro atoms. The maximum Gasteiger partial charge on any atom is 0.133 e. The highest BCUT2D eigenvalue weighted by Gasteiger charge is 2.18. The highest BCUT2D eigenvalue weighted by molar-refractivity contribution is 8.03. The van der Waals surface area contributed by atoms with Gasteiger partial charge in [-0.25, -0.2) is 0 Å². The smallest absolute Gasteiger partial charge is 0.133 e. The molecule has 0 aliphatic carbocycles. The molecule has 1 unspecified atom stereocenters. The zero-order chi connectivity index (χ0) is 14.5. The summed E-state index contributed by atoms with van der Waals surface area (Å²) in [5, 5.41) is 10.8. The molecular formula is C17H25NS. The summed E-state index contributed by atoms with van der Waals surface area (Å²) in [6.07, 6.45) is 2.22. The lowest BCUT2D eigenvalue weighted by molar-refractivity contribution is 0.580. The van der Waals surface area contributed by atoms with Crippen molar-refractivity contribution >= 4 is 11.8 Å². The van der Waals surface area contributed by atoms with Gasteiger partial charge in [0.25, 0.3) is 0 Å². The molecular weight excluding hydrogens is 250 g/mol. The minimum absolute atomic E-state index is 0.194. The molecule has 0 N–H and O–H groups in total. The lowest BCUT2D eigenvalue weighted by Crippen LogP contribution is -2.14. The monoisotopic (exact) mass is 275 g/mol. The molecule has 0 heterocycles. The van der Waals surface area contributed by atoms with Gasteiger partial charge in [0.05, 0.1) is 0 Å². The van der Waals surface area contributed by atoms with Gasteiger partial charge < -0.3 is 0 Å². The van der Waals surface area contributed by atoms with Crippen molar-refractivity contribution in [2.45, 2.75) is 58.8 Å². The summed E-state index contributed by atoms with van der Waals surface area (Å²) in [6, 6.07) is 6.88. The topological polar surface area (TPSA) is 23.8 Å². The molecule has 1 rings (SSSR count). The summed E-state index contributed by atoms with van der Waals surface area (Å²) >= 11 is 1.36. The number of rotatable bonds is 5. The van der Waals surface area contributed by atoms with Gasteiger partial charge in [0.2, 0.25) is 0 Å². The minimum Gasteiger partial charge on any atom is -0.185 e. The van der Waals surface area contributed by atoms with Crippen LogP contribution in [0.25, 0.3) is 0 Å². The third kappa shape index (κ3) is 4.58. The summed E-state index contributed by atoms with van der Waals surface area (Å²) in [5.74, 6) is 1.50. The van der Waals surface area contributed by atoms with Gasteiger partial charge in [-0.15, -0.1) is 0 Å². The molecule has 19 heavy (non-hydrogen) atoms. The van der Waals surface area contributed by atoms with Gasteiger partial charge in [0.1, 0.15) is 5.40 Å². The normalized spacial score (nSPS) is 13.1. The van der Waals surface area contributed by atoms with E-state index in [1.807, 2.05) is 0 Å². The van der Waals surface area contributed by atoms with E-state index in [0.29, 0.717) is 5.92 Å². The first-order chi connectivity index (χ1) is 8.90. The van der Waals surface area contributed by atoms with Crippen molar-refractivity contribution in [3.8, 4) is 5.40 Å². The van der Waals surface area contributed by atoms with Crippen LogP contribution in [-0.4, -0.2) is 5.75 Å². The lowest BCUT2D eigenvalue weighted by atomic mass is 9.81. The molecule has 0 saturated carbocycles.